The van der Waals surface area contributed by atoms with Crippen LogP contribution in [0.15, 0.2) is 30.3 Å². The Kier molecular flexibility index (Phi) is 8.20. The average Bonchev–Trinajstić information content (AvgIpc) is 2.51. The summed E-state index contributed by atoms with van der Waals surface area (Å²) >= 11 is 0. The van der Waals surface area contributed by atoms with Crippen molar-refractivity contribution in [2.75, 3.05) is 6.54 Å². The van der Waals surface area contributed by atoms with Crippen molar-refractivity contribution in [1.29, 1.82) is 0 Å². The molecule has 7 heteroatoms. The highest BCUT2D eigenvalue weighted by Crippen LogP contribution is 2.00. The van der Waals surface area contributed by atoms with Gasteiger partial charge in [0.2, 0.25) is 5.91 Å². The highest BCUT2D eigenvalue weighted by molar-refractivity contribution is 5.76. The van der Waals surface area contributed by atoms with Gasteiger partial charge in [-0.1, -0.05) is 30.3 Å². The Labute approximate surface area is 135 Å². The fourth-order valence-corrected chi connectivity index (χ4v) is 1.77. The van der Waals surface area contributed by atoms with E-state index in [-0.39, 0.29) is 37.9 Å². The van der Waals surface area contributed by atoms with Gasteiger partial charge in [-0.15, -0.1) is 0 Å². The van der Waals surface area contributed by atoms with E-state index in [1.165, 1.54) is 0 Å². The summed E-state index contributed by atoms with van der Waals surface area (Å²) in [4.78, 5) is 33.4. The van der Waals surface area contributed by atoms with Gasteiger partial charge in [-0.2, -0.15) is 0 Å². The van der Waals surface area contributed by atoms with Crippen LogP contribution in [0.25, 0.3) is 0 Å². The van der Waals surface area contributed by atoms with E-state index in [9.17, 15) is 14.4 Å². The second-order valence-electron chi connectivity index (χ2n) is 5.16. The van der Waals surface area contributed by atoms with Crippen LogP contribution >= 0.6 is 0 Å². The molecule has 0 aliphatic heterocycles. The standard InChI is InChI=1S/C16H22N2O5/c1-12(10-17-14(19)8-5-9-15(20)21)18-16(22)23-11-13-6-3-2-4-7-13/h2-4,6-7,12H,5,8-11H2,1H3,(H,17,19)(H,18,22)(H,20,21). The van der Waals surface area contributed by atoms with Crippen molar-refractivity contribution in [2.24, 2.45) is 0 Å². The number of carbonyl (C=O) groups excluding carboxylic acids is 2. The van der Waals surface area contributed by atoms with Gasteiger partial charge in [0.1, 0.15) is 6.61 Å². The number of ether oxygens (including phenoxy) is 1. The minimum atomic E-state index is -0.922. The zero-order chi connectivity index (χ0) is 17.1. The fraction of sp³-hybridized carbons (Fsp3) is 0.438. The summed E-state index contributed by atoms with van der Waals surface area (Å²) in [5, 5.41) is 13.7. The number of rotatable bonds is 9. The Balaban J connectivity index is 2.15. The summed E-state index contributed by atoms with van der Waals surface area (Å²) in [6.07, 6.45) is -0.145. The van der Waals surface area contributed by atoms with E-state index in [4.69, 9.17) is 9.84 Å². The fourth-order valence-electron chi connectivity index (χ4n) is 1.77. The first-order chi connectivity index (χ1) is 11.0. The van der Waals surface area contributed by atoms with Crippen molar-refractivity contribution >= 4 is 18.0 Å². The number of hydrogen-bond acceptors (Lipinski definition) is 4. The smallest absolute Gasteiger partial charge is 0.407 e. The lowest BCUT2D eigenvalue weighted by Crippen LogP contribution is -2.42. The van der Waals surface area contributed by atoms with Gasteiger partial charge in [0.15, 0.2) is 0 Å². The molecule has 0 aromatic heterocycles. The van der Waals surface area contributed by atoms with E-state index in [2.05, 4.69) is 10.6 Å². The molecule has 0 heterocycles. The van der Waals surface area contributed by atoms with Crippen LogP contribution in [-0.2, 0) is 20.9 Å². The molecule has 0 saturated carbocycles. The number of carboxylic acids is 1. The number of carboxylic acid groups (broad SMARTS) is 1. The molecule has 0 aliphatic carbocycles. The summed E-state index contributed by atoms with van der Waals surface area (Å²) in [6.45, 7) is 2.18. The minimum Gasteiger partial charge on any atom is -0.481 e. The summed E-state index contributed by atoms with van der Waals surface area (Å²) in [5.41, 5.74) is 0.891. The van der Waals surface area contributed by atoms with Gasteiger partial charge >= 0.3 is 12.1 Å². The van der Waals surface area contributed by atoms with Gasteiger partial charge in [-0.25, -0.2) is 4.79 Å². The summed E-state index contributed by atoms with van der Waals surface area (Å²) < 4.78 is 5.07. The van der Waals surface area contributed by atoms with Gasteiger partial charge in [-0.3, -0.25) is 9.59 Å². The molecule has 3 N–H and O–H groups in total. The molecule has 2 amide bonds. The van der Waals surface area contributed by atoms with Crippen LogP contribution in [0.1, 0.15) is 31.7 Å². The van der Waals surface area contributed by atoms with E-state index in [1.54, 1.807) is 6.92 Å². The minimum absolute atomic E-state index is 0.0347. The molecular formula is C16H22N2O5. The molecule has 1 rings (SSSR count). The number of hydrogen-bond donors (Lipinski definition) is 3. The van der Waals surface area contributed by atoms with E-state index in [0.29, 0.717) is 6.42 Å². The van der Waals surface area contributed by atoms with Crippen molar-refractivity contribution in [1.82, 2.24) is 10.6 Å². The van der Waals surface area contributed by atoms with Crippen molar-refractivity contribution in [3.05, 3.63) is 35.9 Å². The Bertz CT molecular complexity index is 518. The summed E-state index contributed by atoms with van der Waals surface area (Å²) in [5.74, 6) is -1.16. The number of benzene rings is 1. The molecule has 0 bridgehead atoms. The number of carbonyl (C=O) groups is 3. The molecule has 0 radical (unpaired) electrons. The lowest BCUT2D eigenvalue weighted by atomic mass is 10.2. The van der Waals surface area contributed by atoms with Crippen LogP contribution < -0.4 is 10.6 Å². The molecule has 0 aliphatic rings. The Morgan fingerprint density at radius 1 is 1.17 bits per heavy atom. The van der Waals surface area contributed by atoms with Crippen molar-refractivity contribution in [3.8, 4) is 0 Å². The number of alkyl carbamates (subject to hydrolysis) is 1. The van der Waals surface area contributed by atoms with Gasteiger partial charge in [0.25, 0.3) is 0 Å². The van der Waals surface area contributed by atoms with E-state index >= 15 is 0 Å². The highest BCUT2D eigenvalue weighted by atomic mass is 16.5. The van der Waals surface area contributed by atoms with Crippen LogP contribution in [0, 0.1) is 0 Å². The van der Waals surface area contributed by atoms with Crippen molar-refractivity contribution < 1.29 is 24.2 Å². The van der Waals surface area contributed by atoms with Crippen molar-refractivity contribution in [3.63, 3.8) is 0 Å². The lowest BCUT2D eigenvalue weighted by molar-refractivity contribution is -0.137. The monoisotopic (exact) mass is 322 g/mol. The predicted molar refractivity (Wildman–Crippen MR) is 83.7 cm³/mol. The first kappa shape index (κ1) is 18.5. The van der Waals surface area contributed by atoms with Crippen LogP contribution in [-0.4, -0.2) is 35.7 Å². The van der Waals surface area contributed by atoms with Gasteiger partial charge in [0, 0.05) is 25.4 Å². The number of aliphatic carboxylic acids is 1. The molecule has 0 spiro atoms. The first-order valence-electron chi connectivity index (χ1n) is 7.43. The second kappa shape index (κ2) is 10.2. The van der Waals surface area contributed by atoms with Crippen molar-refractivity contribution in [2.45, 2.75) is 38.8 Å². The third kappa shape index (κ3) is 9.13. The van der Waals surface area contributed by atoms with Crippen LogP contribution in [0.2, 0.25) is 0 Å². The number of nitrogens with one attached hydrogen (secondary N) is 2. The Hall–Kier alpha value is -2.57. The summed E-state index contributed by atoms with van der Waals surface area (Å²) in [6, 6.07) is 9.02. The molecule has 1 unspecified atom stereocenters. The average molecular weight is 322 g/mol. The first-order valence-corrected chi connectivity index (χ1v) is 7.43. The zero-order valence-electron chi connectivity index (χ0n) is 13.1. The normalized spacial score (nSPS) is 11.3. The quantitative estimate of drug-likeness (QED) is 0.641. The molecule has 126 valence electrons. The SMILES string of the molecule is CC(CNC(=O)CCCC(=O)O)NC(=O)OCc1ccccc1. The predicted octanol–water partition coefficient (Wildman–Crippen LogP) is 1.67. The molecule has 0 fully saturated rings. The third-order valence-corrected chi connectivity index (χ3v) is 2.98. The molecular weight excluding hydrogens is 300 g/mol. The number of amides is 2. The maximum atomic E-state index is 11.6. The summed E-state index contributed by atoms with van der Waals surface area (Å²) in [7, 11) is 0. The van der Waals surface area contributed by atoms with Gasteiger partial charge in [0.05, 0.1) is 0 Å². The van der Waals surface area contributed by atoms with E-state index < -0.39 is 12.1 Å². The topological polar surface area (TPSA) is 105 Å². The maximum Gasteiger partial charge on any atom is 0.407 e. The van der Waals surface area contributed by atoms with Crippen LogP contribution in [0.3, 0.4) is 0 Å². The lowest BCUT2D eigenvalue weighted by Gasteiger charge is -2.15. The third-order valence-electron chi connectivity index (χ3n) is 2.98. The molecule has 1 atom stereocenters. The molecule has 1 aromatic carbocycles. The van der Waals surface area contributed by atoms with Gasteiger partial charge < -0.3 is 20.5 Å². The molecule has 23 heavy (non-hydrogen) atoms. The second-order valence-corrected chi connectivity index (χ2v) is 5.16. The Morgan fingerprint density at radius 3 is 2.52 bits per heavy atom. The molecule has 0 saturated heterocycles. The zero-order valence-corrected chi connectivity index (χ0v) is 13.1. The van der Waals surface area contributed by atoms with E-state index in [0.717, 1.165) is 5.56 Å². The largest absolute Gasteiger partial charge is 0.481 e. The highest BCUT2D eigenvalue weighted by Gasteiger charge is 2.10. The van der Waals surface area contributed by atoms with Crippen LogP contribution in [0.5, 0.6) is 0 Å². The van der Waals surface area contributed by atoms with E-state index in [1.807, 2.05) is 30.3 Å². The molecule has 7 nitrogen and oxygen atoms in total. The molecule has 1 aromatic rings. The van der Waals surface area contributed by atoms with Crippen LogP contribution in [0.4, 0.5) is 4.79 Å². The Morgan fingerprint density at radius 2 is 1.87 bits per heavy atom. The maximum absolute atomic E-state index is 11.6. The van der Waals surface area contributed by atoms with Gasteiger partial charge in [-0.05, 0) is 18.9 Å².